The maximum atomic E-state index is 12.3. The molecule has 0 aromatic heterocycles. The Morgan fingerprint density at radius 2 is 1.59 bits per heavy atom. The quantitative estimate of drug-likeness (QED) is 0.787. The number of carbonyl (C=O) groups excluding carboxylic acids is 1. The maximum absolute atomic E-state index is 12.3. The van der Waals surface area contributed by atoms with Gasteiger partial charge in [0.15, 0.2) is 0 Å². The number of halogens is 1. The van der Waals surface area contributed by atoms with Crippen LogP contribution in [0.1, 0.15) is 37.1 Å². The van der Waals surface area contributed by atoms with Crippen LogP contribution >= 0.6 is 11.6 Å². The van der Waals surface area contributed by atoms with Crippen LogP contribution in [0.15, 0.2) is 48.5 Å². The molecule has 1 aliphatic rings. The Kier molecular flexibility index (Phi) is 6.72. The van der Waals surface area contributed by atoms with E-state index in [1.807, 2.05) is 43.3 Å². The summed E-state index contributed by atoms with van der Waals surface area (Å²) in [5.41, 5.74) is 3.01. The molecule has 2 amide bonds. The Morgan fingerprint density at radius 3 is 2.22 bits per heavy atom. The molecule has 27 heavy (non-hydrogen) atoms. The van der Waals surface area contributed by atoms with Gasteiger partial charge in [0.25, 0.3) is 0 Å². The molecule has 144 valence electrons. The third-order valence-corrected chi connectivity index (χ3v) is 5.21. The van der Waals surface area contributed by atoms with Crippen molar-refractivity contribution in [2.24, 2.45) is 0 Å². The average Bonchev–Trinajstić information content (AvgIpc) is 2.69. The lowest BCUT2D eigenvalue weighted by molar-refractivity contribution is 0.0198. The summed E-state index contributed by atoms with van der Waals surface area (Å²) in [6.45, 7) is 7.62. The molecule has 6 heteroatoms. The summed E-state index contributed by atoms with van der Waals surface area (Å²) in [6, 6.07) is 15.5. The summed E-state index contributed by atoms with van der Waals surface area (Å²) < 4.78 is 5.42. The molecular formula is C21H26ClN3O2. The summed E-state index contributed by atoms with van der Waals surface area (Å²) >= 11 is 5.90. The van der Waals surface area contributed by atoms with Gasteiger partial charge in [0, 0.05) is 29.8 Å². The number of amides is 2. The maximum Gasteiger partial charge on any atom is 0.319 e. The van der Waals surface area contributed by atoms with Crippen LogP contribution in [0.2, 0.25) is 5.02 Å². The number of carbonyl (C=O) groups is 1. The largest absolute Gasteiger partial charge is 0.379 e. The summed E-state index contributed by atoms with van der Waals surface area (Å²) in [5, 5.41) is 6.51. The highest BCUT2D eigenvalue weighted by molar-refractivity contribution is 6.30. The number of hydrogen-bond donors (Lipinski definition) is 2. The van der Waals surface area contributed by atoms with E-state index in [-0.39, 0.29) is 12.1 Å². The van der Waals surface area contributed by atoms with E-state index in [4.69, 9.17) is 16.3 Å². The number of morpholine rings is 1. The van der Waals surface area contributed by atoms with Gasteiger partial charge < -0.3 is 15.4 Å². The van der Waals surface area contributed by atoms with E-state index in [1.165, 1.54) is 5.56 Å². The number of hydrogen-bond acceptors (Lipinski definition) is 3. The van der Waals surface area contributed by atoms with Gasteiger partial charge in [-0.05, 0) is 49.2 Å². The van der Waals surface area contributed by atoms with Crippen molar-refractivity contribution < 1.29 is 9.53 Å². The molecule has 5 nitrogen and oxygen atoms in total. The molecule has 1 heterocycles. The molecule has 0 radical (unpaired) electrons. The Morgan fingerprint density at radius 1 is 1.00 bits per heavy atom. The zero-order chi connectivity index (χ0) is 19.2. The van der Waals surface area contributed by atoms with Gasteiger partial charge in [-0.25, -0.2) is 4.79 Å². The van der Waals surface area contributed by atoms with Crippen LogP contribution in [0.3, 0.4) is 0 Å². The minimum atomic E-state index is -0.230. The fraction of sp³-hybridized carbons (Fsp3) is 0.381. The van der Waals surface area contributed by atoms with E-state index in [2.05, 4.69) is 34.6 Å². The lowest BCUT2D eigenvalue weighted by Crippen LogP contribution is -2.38. The molecule has 0 bridgehead atoms. The third kappa shape index (κ3) is 5.45. The summed E-state index contributed by atoms with van der Waals surface area (Å²) in [5.74, 6) is 0. The van der Waals surface area contributed by atoms with Crippen LogP contribution in [-0.2, 0) is 4.74 Å². The predicted molar refractivity (Wildman–Crippen MR) is 109 cm³/mol. The van der Waals surface area contributed by atoms with Crippen molar-refractivity contribution in [3.8, 4) is 0 Å². The molecule has 2 aromatic carbocycles. The number of ether oxygens (including phenoxy) is 1. The molecule has 1 saturated heterocycles. The van der Waals surface area contributed by atoms with Crippen molar-refractivity contribution in [3.63, 3.8) is 0 Å². The van der Waals surface area contributed by atoms with Crippen molar-refractivity contribution in [1.82, 2.24) is 10.2 Å². The first-order valence-electron chi connectivity index (χ1n) is 9.27. The molecule has 1 fully saturated rings. The first kappa shape index (κ1) is 19.7. The highest BCUT2D eigenvalue weighted by Crippen LogP contribution is 2.23. The van der Waals surface area contributed by atoms with E-state index in [0.29, 0.717) is 11.1 Å². The predicted octanol–water partition coefficient (Wildman–Crippen LogP) is 4.62. The number of benzene rings is 2. The highest BCUT2D eigenvalue weighted by atomic mass is 35.5. The Balaban J connectivity index is 1.54. The van der Waals surface area contributed by atoms with Gasteiger partial charge in [0.2, 0.25) is 0 Å². The molecule has 0 spiro atoms. The molecule has 0 saturated carbocycles. The molecule has 3 rings (SSSR count). The summed E-state index contributed by atoms with van der Waals surface area (Å²) in [6.07, 6.45) is 0. The van der Waals surface area contributed by atoms with Crippen molar-refractivity contribution >= 4 is 23.3 Å². The Hall–Kier alpha value is -2.08. The number of nitrogens with zero attached hydrogens (tertiary/aromatic N) is 1. The van der Waals surface area contributed by atoms with E-state index in [0.717, 1.165) is 37.6 Å². The molecule has 0 aliphatic carbocycles. The molecule has 2 unspecified atom stereocenters. The molecule has 2 aromatic rings. The lowest BCUT2D eigenvalue weighted by atomic mass is 10.1. The van der Waals surface area contributed by atoms with E-state index in [9.17, 15) is 4.79 Å². The van der Waals surface area contributed by atoms with Gasteiger partial charge in [0.1, 0.15) is 0 Å². The fourth-order valence-corrected chi connectivity index (χ4v) is 3.35. The summed E-state index contributed by atoms with van der Waals surface area (Å²) in [7, 11) is 0. The zero-order valence-corrected chi connectivity index (χ0v) is 16.5. The monoisotopic (exact) mass is 387 g/mol. The smallest absolute Gasteiger partial charge is 0.319 e. The van der Waals surface area contributed by atoms with Crippen LogP contribution in [0.4, 0.5) is 10.5 Å². The molecular weight excluding hydrogens is 362 g/mol. The van der Waals surface area contributed by atoms with Crippen molar-refractivity contribution in [1.29, 1.82) is 0 Å². The van der Waals surface area contributed by atoms with Crippen molar-refractivity contribution in [2.75, 3.05) is 31.6 Å². The second-order valence-electron chi connectivity index (χ2n) is 6.82. The van der Waals surface area contributed by atoms with E-state index in [1.54, 1.807) is 0 Å². The Bertz CT molecular complexity index is 743. The van der Waals surface area contributed by atoms with Crippen molar-refractivity contribution in [3.05, 3.63) is 64.7 Å². The molecule has 1 aliphatic heterocycles. The van der Waals surface area contributed by atoms with Crippen LogP contribution in [-0.4, -0.2) is 37.2 Å². The number of nitrogens with one attached hydrogen (secondary N) is 2. The lowest BCUT2D eigenvalue weighted by Gasteiger charge is -2.32. The van der Waals surface area contributed by atoms with Crippen LogP contribution in [0.25, 0.3) is 0 Å². The first-order valence-corrected chi connectivity index (χ1v) is 9.65. The van der Waals surface area contributed by atoms with Crippen LogP contribution < -0.4 is 10.6 Å². The van der Waals surface area contributed by atoms with Crippen molar-refractivity contribution in [2.45, 2.75) is 25.9 Å². The molecule has 2 N–H and O–H groups in total. The van der Waals surface area contributed by atoms with Gasteiger partial charge >= 0.3 is 6.03 Å². The van der Waals surface area contributed by atoms with Gasteiger partial charge in [-0.15, -0.1) is 0 Å². The number of rotatable bonds is 5. The van der Waals surface area contributed by atoms with Gasteiger partial charge in [0.05, 0.1) is 19.3 Å². The van der Waals surface area contributed by atoms with Gasteiger partial charge in [-0.1, -0.05) is 35.9 Å². The first-order chi connectivity index (χ1) is 13.0. The van der Waals surface area contributed by atoms with E-state index < -0.39 is 0 Å². The van der Waals surface area contributed by atoms with E-state index >= 15 is 0 Å². The SMILES string of the molecule is CC(NC(=O)Nc1ccc(C(C)N2CCOCC2)cc1)c1ccc(Cl)cc1. The second kappa shape index (κ2) is 9.22. The number of urea groups is 1. The fourth-order valence-electron chi connectivity index (χ4n) is 3.22. The topological polar surface area (TPSA) is 53.6 Å². The molecule has 2 atom stereocenters. The Labute approximate surface area is 165 Å². The average molecular weight is 388 g/mol. The van der Waals surface area contributed by atoms with Crippen LogP contribution in [0, 0.1) is 0 Å². The third-order valence-electron chi connectivity index (χ3n) is 4.96. The van der Waals surface area contributed by atoms with Crippen LogP contribution in [0.5, 0.6) is 0 Å². The second-order valence-corrected chi connectivity index (χ2v) is 7.25. The standard InChI is InChI=1S/C21H26ClN3O2/c1-15(17-3-7-19(22)8-4-17)23-21(26)24-20-9-5-18(6-10-20)16(2)25-11-13-27-14-12-25/h3-10,15-16H,11-14H2,1-2H3,(H2,23,24,26). The zero-order valence-electron chi connectivity index (χ0n) is 15.7. The summed E-state index contributed by atoms with van der Waals surface area (Å²) in [4.78, 5) is 14.7. The minimum absolute atomic E-state index is 0.108. The van der Waals surface area contributed by atoms with Gasteiger partial charge in [-0.3, -0.25) is 4.90 Å². The minimum Gasteiger partial charge on any atom is -0.379 e. The normalized spacial score (nSPS) is 17.1. The highest BCUT2D eigenvalue weighted by Gasteiger charge is 2.18. The van der Waals surface area contributed by atoms with Gasteiger partial charge in [-0.2, -0.15) is 0 Å². The number of anilines is 1.